The molecule has 0 aliphatic heterocycles. The highest BCUT2D eigenvalue weighted by molar-refractivity contribution is 5.71. The smallest absolute Gasteiger partial charge is 0.306 e. The molecule has 0 aromatic carbocycles. The van der Waals surface area contributed by atoms with Gasteiger partial charge in [-0.05, 0) is 83.5 Å². The summed E-state index contributed by atoms with van der Waals surface area (Å²) < 4.78 is 16.9. The topological polar surface area (TPSA) is 78.9 Å². The minimum atomic E-state index is -0.777. The molecule has 0 spiro atoms. The summed E-state index contributed by atoms with van der Waals surface area (Å²) in [4.78, 5) is 38.2. The third-order valence-corrected chi connectivity index (χ3v) is 13.8. The number of carbonyl (C=O) groups is 3. The van der Waals surface area contributed by atoms with Gasteiger partial charge in [0.05, 0.1) is 0 Å². The minimum absolute atomic E-state index is 0.0740. The quantitative estimate of drug-likeness (QED) is 0.0261. The largest absolute Gasteiger partial charge is 0.462 e. The average molecular weight is 996 g/mol. The maximum Gasteiger partial charge on any atom is 0.306 e. The van der Waals surface area contributed by atoms with E-state index in [9.17, 15) is 14.4 Å². The fourth-order valence-corrected chi connectivity index (χ4v) is 9.09. The van der Waals surface area contributed by atoms with Crippen LogP contribution in [0.3, 0.4) is 0 Å². The van der Waals surface area contributed by atoms with Crippen molar-refractivity contribution in [3.63, 3.8) is 0 Å². The number of esters is 3. The Bertz CT molecular complexity index is 1230. The van der Waals surface area contributed by atoms with Gasteiger partial charge >= 0.3 is 17.9 Å². The molecular formula is C65H118O6. The first-order chi connectivity index (χ1) is 35.0. The van der Waals surface area contributed by atoms with Crippen LogP contribution in [-0.4, -0.2) is 37.2 Å². The van der Waals surface area contributed by atoms with Crippen LogP contribution in [0.1, 0.15) is 329 Å². The van der Waals surface area contributed by atoms with Crippen LogP contribution in [0, 0.1) is 0 Å². The molecule has 0 radical (unpaired) electrons. The highest BCUT2D eigenvalue weighted by atomic mass is 16.6. The molecule has 0 amide bonds. The third kappa shape index (κ3) is 58.1. The van der Waals surface area contributed by atoms with Gasteiger partial charge in [0.2, 0.25) is 0 Å². The summed E-state index contributed by atoms with van der Waals surface area (Å²) >= 11 is 0. The molecule has 0 fully saturated rings. The monoisotopic (exact) mass is 995 g/mol. The first kappa shape index (κ1) is 68.4. The van der Waals surface area contributed by atoms with Gasteiger partial charge in [0.1, 0.15) is 13.2 Å². The van der Waals surface area contributed by atoms with Crippen molar-refractivity contribution in [2.24, 2.45) is 0 Å². The maximum atomic E-state index is 12.9. The predicted molar refractivity (Wildman–Crippen MR) is 307 cm³/mol. The van der Waals surface area contributed by atoms with Crippen molar-refractivity contribution in [1.29, 1.82) is 0 Å². The van der Waals surface area contributed by atoms with E-state index in [-0.39, 0.29) is 31.1 Å². The molecule has 414 valence electrons. The van der Waals surface area contributed by atoms with Crippen molar-refractivity contribution in [3.05, 3.63) is 48.6 Å². The van der Waals surface area contributed by atoms with Crippen molar-refractivity contribution < 1.29 is 28.6 Å². The number of ether oxygens (including phenoxy) is 3. The van der Waals surface area contributed by atoms with E-state index in [0.29, 0.717) is 19.3 Å². The highest BCUT2D eigenvalue weighted by Gasteiger charge is 2.19. The van der Waals surface area contributed by atoms with Gasteiger partial charge in [-0.15, -0.1) is 0 Å². The zero-order valence-corrected chi connectivity index (χ0v) is 47.5. The zero-order chi connectivity index (χ0) is 51.4. The van der Waals surface area contributed by atoms with Crippen LogP contribution < -0.4 is 0 Å². The van der Waals surface area contributed by atoms with Gasteiger partial charge in [-0.3, -0.25) is 14.4 Å². The SMILES string of the molecule is CCCCCCC/C=C\C/C=C\C/C=C\CCCCCCCCCCCCC(=O)OCC(COC(=O)CCCCCCCCCCCCCCCC)OC(=O)CCCCCCC/C=C\CCCCCCC. The van der Waals surface area contributed by atoms with E-state index in [1.807, 2.05) is 0 Å². The molecule has 71 heavy (non-hydrogen) atoms. The van der Waals surface area contributed by atoms with Crippen LogP contribution in [0.4, 0.5) is 0 Å². The number of rotatable bonds is 57. The Morgan fingerprint density at radius 2 is 0.507 bits per heavy atom. The molecule has 0 heterocycles. The second kappa shape index (κ2) is 59.9. The second-order valence-electron chi connectivity index (χ2n) is 21.0. The van der Waals surface area contributed by atoms with Crippen molar-refractivity contribution in [2.75, 3.05) is 13.2 Å². The molecule has 1 unspecified atom stereocenters. The number of carbonyl (C=O) groups excluding carboxylic acids is 3. The van der Waals surface area contributed by atoms with Crippen LogP contribution in [0.15, 0.2) is 48.6 Å². The summed E-state index contributed by atoms with van der Waals surface area (Å²) in [6.07, 6.45) is 73.9. The molecule has 0 aromatic heterocycles. The van der Waals surface area contributed by atoms with E-state index in [1.165, 1.54) is 212 Å². The van der Waals surface area contributed by atoms with E-state index in [4.69, 9.17) is 14.2 Å². The van der Waals surface area contributed by atoms with E-state index < -0.39 is 6.10 Å². The van der Waals surface area contributed by atoms with Crippen LogP contribution in [-0.2, 0) is 28.6 Å². The summed E-state index contributed by atoms with van der Waals surface area (Å²) in [5.74, 6) is -0.869. The summed E-state index contributed by atoms with van der Waals surface area (Å²) in [6, 6.07) is 0. The molecule has 6 nitrogen and oxygen atoms in total. The molecule has 6 heteroatoms. The molecule has 0 saturated heterocycles. The summed E-state index contributed by atoms with van der Waals surface area (Å²) in [6.45, 7) is 6.65. The third-order valence-electron chi connectivity index (χ3n) is 13.8. The Kier molecular flexibility index (Phi) is 57.7. The molecular weight excluding hydrogens is 877 g/mol. The minimum Gasteiger partial charge on any atom is -0.462 e. The molecule has 0 bridgehead atoms. The number of hydrogen-bond donors (Lipinski definition) is 0. The lowest BCUT2D eigenvalue weighted by Gasteiger charge is -2.18. The van der Waals surface area contributed by atoms with E-state index >= 15 is 0 Å². The van der Waals surface area contributed by atoms with Gasteiger partial charge in [-0.1, -0.05) is 275 Å². The van der Waals surface area contributed by atoms with Crippen molar-refractivity contribution in [3.8, 4) is 0 Å². The lowest BCUT2D eigenvalue weighted by Crippen LogP contribution is -2.30. The number of allylic oxidation sites excluding steroid dienone is 8. The number of hydrogen-bond acceptors (Lipinski definition) is 6. The maximum absolute atomic E-state index is 12.9. The van der Waals surface area contributed by atoms with Gasteiger partial charge in [0, 0.05) is 19.3 Å². The summed E-state index contributed by atoms with van der Waals surface area (Å²) in [5.41, 5.74) is 0. The van der Waals surface area contributed by atoms with Crippen LogP contribution in [0.5, 0.6) is 0 Å². The van der Waals surface area contributed by atoms with Crippen molar-refractivity contribution in [2.45, 2.75) is 335 Å². The normalized spacial score (nSPS) is 12.3. The Hall–Kier alpha value is -2.63. The second-order valence-corrected chi connectivity index (χ2v) is 21.0. The van der Waals surface area contributed by atoms with Gasteiger partial charge in [0.25, 0.3) is 0 Å². The Labute approximate surface area is 441 Å². The zero-order valence-electron chi connectivity index (χ0n) is 47.5. The first-order valence-corrected chi connectivity index (χ1v) is 31.1. The van der Waals surface area contributed by atoms with Crippen LogP contribution in [0.25, 0.3) is 0 Å². The Balaban J connectivity index is 4.27. The lowest BCUT2D eigenvalue weighted by atomic mass is 10.0. The Morgan fingerprint density at radius 3 is 0.803 bits per heavy atom. The van der Waals surface area contributed by atoms with Crippen LogP contribution >= 0.6 is 0 Å². The van der Waals surface area contributed by atoms with Crippen molar-refractivity contribution >= 4 is 17.9 Å². The highest BCUT2D eigenvalue weighted by Crippen LogP contribution is 2.16. The lowest BCUT2D eigenvalue weighted by molar-refractivity contribution is -0.167. The van der Waals surface area contributed by atoms with Crippen LogP contribution in [0.2, 0.25) is 0 Å². The molecule has 0 N–H and O–H groups in total. The first-order valence-electron chi connectivity index (χ1n) is 31.1. The molecule has 0 aliphatic carbocycles. The van der Waals surface area contributed by atoms with E-state index in [1.54, 1.807) is 0 Å². The standard InChI is InChI=1S/C65H118O6/c1-4-7-10-13-16-19-22-25-28-29-30-31-32-33-34-35-36-37-38-41-43-46-49-52-55-58-64(67)70-61-62(71-65(68)59-56-53-50-47-44-40-27-24-21-18-15-12-9-6-3)60-69-63(66)57-54-51-48-45-42-39-26-23-20-17-14-11-8-5-2/h22,24-25,27,29-30,32-33,62H,4-21,23,26,28,31,34-61H2,1-3H3/b25-22-,27-24-,30-29-,33-32-. The average Bonchev–Trinajstić information content (AvgIpc) is 3.37. The Morgan fingerprint density at radius 1 is 0.282 bits per heavy atom. The van der Waals surface area contributed by atoms with E-state index in [0.717, 1.165) is 77.0 Å². The fraction of sp³-hybridized carbons (Fsp3) is 0.831. The summed E-state index contributed by atoms with van der Waals surface area (Å²) in [5, 5.41) is 0. The fourth-order valence-electron chi connectivity index (χ4n) is 9.09. The van der Waals surface area contributed by atoms with Crippen molar-refractivity contribution in [1.82, 2.24) is 0 Å². The van der Waals surface area contributed by atoms with Gasteiger partial charge in [-0.2, -0.15) is 0 Å². The molecule has 0 aromatic rings. The molecule has 0 saturated carbocycles. The molecule has 0 aliphatic rings. The van der Waals surface area contributed by atoms with Gasteiger partial charge in [-0.25, -0.2) is 0 Å². The predicted octanol–water partition coefficient (Wildman–Crippen LogP) is 21.0. The molecule has 0 rings (SSSR count). The van der Waals surface area contributed by atoms with Gasteiger partial charge < -0.3 is 14.2 Å². The molecule has 1 atom stereocenters. The number of unbranched alkanes of at least 4 members (excludes halogenated alkanes) is 38. The van der Waals surface area contributed by atoms with E-state index in [2.05, 4.69) is 69.4 Å². The van der Waals surface area contributed by atoms with Gasteiger partial charge in [0.15, 0.2) is 6.10 Å². The summed E-state index contributed by atoms with van der Waals surface area (Å²) in [7, 11) is 0.